The Morgan fingerprint density at radius 3 is 2.25 bits per heavy atom. The van der Waals surface area contributed by atoms with Crippen LogP contribution in [0.1, 0.15) is 40.0 Å². The quantitative estimate of drug-likeness (QED) is 0.594. The molecule has 0 spiro atoms. The number of nitrogens with two attached hydrogens (primary N) is 1. The lowest BCUT2D eigenvalue weighted by Crippen LogP contribution is -2.36. The molecule has 0 aliphatic carbocycles. The Bertz CT molecular complexity index is 91.8. The highest BCUT2D eigenvalue weighted by Gasteiger charge is 2.06. The lowest BCUT2D eigenvalue weighted by Gasteiger charge is -2.25. The minimum atomic E-state index is 0.644. The molecule has 0 aliphatic rings. The molecule has 0 aromatic carbocycles. The Morgan fingerprint density at radius 2 is 1.83 bits per heavy atom. The van der Waals surface area contributed by atoms with Gasteiger partial charge in [0.25, 0.3) is 0 Å². The molecule has 0 bridgehead atoms. The lowest BCUT2D eigenvalue weighted by atomic mass is 10.2. The van der Waals surface area contributed by atoms with Crippen LogP contribution in [0.3, 0.4) is 0 Å². The van der Waals surface area contributed by atoms with E-state index in [1.54, 1.807) is 0 Å². The highest BCUT2D eigenvalue weighted by molar-refractivity contribution is 4.62. The maximum absolute atomic E-state index is 5.53. The second-order valence-corrected chi connectivity index (χ2v) is 3.63. The fraction of sp³-hybridized carbons (Fsp3) is 1.00. The van der Waals surface area contributed by atoms with E-state index in [9.17, 15) is 0 Å². The van der Waals surface area contributed by atoms with E-state index in [-0.39, 0.29) is 0 Å². The van der Waals surface area contributed by atoms with Crippen LogP contribution in [-0.4, -0.2) is 30.6 Å². The van der Waals surface area contributed by atoms with Crippen LogP contribution >= 0.6 is 0 Å². The molecule has 0 atom stereocenters. The van der Waals surface area contributed by atoms with E-state index in [1.807, 2.05) is 0 Å². The third kappa shape index (κ3) is 5.56. The lowest BCUT2D eigenvalue weighted by molar-refractivity contribution is 0.223. The zero-order valence-electron chi connectivity index (χ0n) is 8.84. The molecular formula is C10H24N2. The van der Waals surface area contributed by atoms with Crippen molar-refractivity contribution in [3.63, 3.8) is 0 Å². The Kier molecular flexibility index (Phi) is 7.51. The number of rotatable bonds is 7. The van der Waals surface area contributed by atoms with Crippen LogP contribution in [0.2, 0.25) is 0 Å². The van der Waals surface area contributed by atoms with E-state index in [2.05, 4.69) is 25.7 Å². The summed E-state index contributed by atoms with van der Waals surface area (Å²) in [4.78, 5) is 2.45. The summed E-state index contributed by atoms with van der Waals surface area (Å²) in [6.45, 7) is 9.75. The van der Waals surface area contributed by atoms with Crippen molar-refractivity contribution in [2.45, 2.75) is 46.1 Å². The molecule has 0 fully saturated rings. The Balaban J connectivity index is 3.49. The van der Waals surface area contributed by atoms with Gasteiger partial charge in [0.05, 0.1) is 0 Å². The van der Waals surface area contributed by atoms with Gasteiger partial charge in [-0.25, -0.2) is 0 Å². The smallest absolute Gasteiger partial charge is 0.0107 e. The van der Waals surface area contributed by atoms with E-state index in [1.165, 1.54) is 25.8 Å². The van der Waals surface area contributed by atoms with Crippen LogP contribution in [-0.2, 0) is 0 Å². The van der Waals surface area contributed by atoms with E-state index in [0.29, 0.717) is 6.04 Å². The van der Waals surface area contributed by atoms with Gasteiger partial charge in [0, 0.05) is 19.1 Å². The van der Waals surface area contributed by atoms with E-state index < -0.39 is 0 Å². The Labute approximate surface area is 77.1 Å². The summed E-state index contributed by atoms with van der Waals surface area (Å²) in [6, 6.07) is 0.644. The number of unbranched alkanes of at least 4 members (excludes halogenated alkanes) is 2. The molecule has 12 heavy (non-hydrogen) atoms. The number of nitrogens with zero attached hydrogens (tertiary/aromatic N) is 1. The molecule has 0 heterocycles. The molecule has 0 unspecified atom stereocenters. The number of hydrogen-bond donors (Lipinski definition) is 1. The van der Waals surface area contributed by atoms with Crippen molar-refractivity contribution in [1.82, 2.24) is 4.90 Å². The molecule has 0 saturated carbocycles. The molecule has 0 radical (unpaired) electrons. The van der Waals surface area contributed by atoms with Gasteiger partial charge in [-0.15, -0.1) is 0 Å². The van der Waals surface area contributed by atoms with Crippen molar-refractivity contribution in [3.8, 4) is 0 Å². The van der Waals surface area contributed by atoms with Gasteiger partial charge in [0.15, 0.2) is 0 Å². The van der Waals surface area contributed by atoms with Crippen molar-refractivity contribution < 1.29 is 0 Å². The summed E-state index contributed by atoms with van der Waals surface area (Å²) < 4.78 is 0. The van der Waals surface area contributed by atoms with Crippen molar-refractivity contribution >= 4 is 0 Å². The molecule has 0 rings (SSSR count). The van der Waals surface area contributed by atoms with Gasteiger partial charge in [0.1, 0.15) is 0 Å². The summed E-state index contributed by atoms with van der Waals surface area (Å²) in [5, 5.41) is 0. The first kappa shape index (κ1) is 11.9. The van der Waals surface area contributed by atoms with Crippen molar-refractivity contribution in [1.29, 1.82) is 0 Å². The maximum Gasteiger partial charge on any atom is 0.0107 e. The summed E-state index contributed by atoms with van der Waals surface area (Å²) in [5.41, 5.74) is 5.53. The molecule has 0 aliphatic heterocycles. The van der Waals surface area contributed by atoms with Crippen LogP contribution in [0.15, 0.2) is 0 Å². The molecule has 0 aromatic rings. The van der Waals surface area contributed by atoms with Gasteiger partial charge in [0.2, 0.25) is 0 Å². The summed E-state index contributed by atoms with van der Waals surface area (Å²) >= 11 is 0. The van der Waals surface area contributed by atoms with E-state index in [0.717, 1.165) is 13.1 Å². The maximum atomic E-state index is 5.53. The fourth-order valence-corrected chi connectivity index (χ4v) is 1.36. The SMILES string of the molecule is CCCCCN(CCN)C(C)C. The minimum Gasteiger partial charge on any atom is -0.329 e. The summed E-state index contributed by atoms with van der Waals surface area (Å²) in [6.07, 6.45) is 3.96. The zero-order chi connectivity index (χ0) is 9.40. The third-order valence-corrected chi connectivity index (χ3v) is 2.20. The molecule has 0 saturated heterocycles. The zero-order valence-corrected chi connectivity index (χ0v) is 8.84. The largest absolute Gasteiger partial charge is 0.329 e. The normalized spacial score (nSPS) is 11.5. The topological polar surface area (TPSA) is 29.3 Å². The van der Waals surface area contributed by atoms with Gasteiger partial charge in [-0.2, -0.15) is 0 Å². The minimum absolute atomic E-state index is 0.644. The molecule has 74 valence electrons. The Hall–Kier alpha value is -0.0800. The molecule has 2 N–H and O–H groups in total. The van der Waals surface area contributed by atoms with Gasteiger partial charge < -0.3 is 5.73 Å². The third-order valence-electron chi connectivity index (χ3n) is 2.20. The van der Waals surface area contributed by atoms with Crippen LogP contribution in [0.25, 0.3) is 0 Å². The number of hydrogen-bond acceptors (Lipinski definition) is 2. The van der Waals surface area contributed by atoms with Crippen molar-refractivity contribution in [2.75, 3.05) is 19.6 Å². The first-order valence-electron chi connectivity index (χ1n) is 5.16. The van der Waals surface area contributed by atoms with Gasteiger partial charge >= 0.3 is 0 Å². The van der Waals surface area contributed by atoms with Gasteiger partial charge in [-0.3, -0.25) is 4.90 Å². The van der Waals surface area contributed by atoms with Crippen LogP contribution < -0.4 is 5.73 Å². The van der Waals surface area contributed by atoms with Crippen LogP contribution in [0.5, 0.6) is 0 Å². The molecular weight excluding hydrogens is 148 g/mol. The molecule has 0 aromatic heterocycles. The summed E-state index contributed by atoms with van der Waals surface area (Å²) in [5.74, 6) is 0. The van der Waals surface area contributed by atoms with Gasteiger partial charge in [-0.05, 0) is 26.8 Å². The molecule has 2 heteroatoms. The second kappa shape index (κ2) is 7.56. The van der Waals surface area contributed by atoms with Crippen molar-refractivity contribution in [2.24, 2.45) is 5.73 Å². The van der Waals surface area contributed by atoms with E-state index >= 15 is 0 Å². The summed E-state index contributed by atoms with van der Waals surface area (Å²) in [7, 11) is 0. The molecule has 2 nitrogen and oxygen atoms in total. The predicted molar refractivity (Wildman–Crippen MR) is 55.3 cm³/mol. The second-order valence-electron chi connectivity index (χ2n) is 3.63. The fourth-order valence-electron chi connectivity index (χ4n) is 1.36. The standard InChI is InChI=1S/C10H24N2/c1-4-5-6-8-12(9-7-11)10(2)3/h10H,4-9,11H2,1-3H3. The van der Waals surface area contributed by atoms with Crippen LogP contribution in [0.4, 0.5) is 0 Å². The highest BCUT2D eigenvalue weighted by atomic mass is 15.1. The highest BCUT2D eigenvalue weighted by Crippen LogP contribution is 2.01. The van der Waals surface area contributed by atoms with Crippen LogP contribution in [0, 0.1) is 0 Å². The van der Waals surface area contributed by atoms with Gasteiger partial charge in [-0.1, -0.05) is 19.8 Å². The van der Waals surface area contributed by atoms with E-state index in [4.69, 9.17) is 5.73 Å². The Morgan fingerprint density at radius 1 is 1.17 bits per heavy atom. The van der Waals surface area contributed by atoms with Crippen molar-refractivity contribution in [3.05, 3.63) is 0 Å². The average Bonchev–Trinajstić information content (AvgIpc) is 2.03. The first-order valence-corrected chi connectivity index (χ1v) is 5.16. The predicted octanol–water partition coefficient (Wildman–Crippen LogP) is 1.85. The monoisotopic (exact) mass is 172 g/mol. The average molecular weight is 172 g/mol. The molecule has 0 amide bonds. The first-order chi connectivity index (χ1) is 5.72.